The second kappa shape index (κ2) is 10.4. The predicted molar refractivity (Wildman–Crippen MR) is 122 cm³/mol. The number of hydrogen-bond donors (Lipinski definition) is 1. The third-order valence-corrected chi connectivity index (χ3v) is 5.52. The molecule has 8 heteroatoms. The fraction of sp³-hybridized carbons (Fsp3) is 0.273. The Bertz CT molecular complexity index is 1000. The number of carbonyl (C=O) groups excluding carboxylic acids is 1. The molecule has 0 fully saturated rings. The largest absolute Gasteiger partial charge is 0.493 e. The number of nitrogens with one attached hydrogen (secondary N) is 1. The van der Waals surface area contributed by atoms with Crippen molar-refractivity contribution in [3.63, 3.8) is 0 Å². The molecule has 0 saturated heterocycles. The van der Waals surface area contributed by atoms with Crippen molar-refractivity contribution in [2.24, 2.45) is 0 Å². The minimum Gasteiger partial charge on any atom is -0.493 e. The van der Waals surface area contributed by atoms with E-state index in [9.17, 15) is 4.79 Å². The number of hydrogen-bond acceptors (Lipinski definition) is 7. The van der Waals surface area contributed by atoms with Gasteiger partial charge >= 0.3 is 5.97 Å². The van der Waals surface area contributed by atoms with E-state index < -0.39 is 5.97 Å². The van der Waals surface area contributed by atoms with E-state index in [1.807, 2.05) is 43.5 Å². The number of methoxy groups -OCH3 is 1. The quantitative estimate of drug-likeness (QED) is 0.364. The van der Waals surface area contributed by atoms with E-state index in [1.54, 1.807) is 12.1 Å². The maximum atomic E-state index is 12.5. The van der Waals surface area contributed by atoms with Gasteiger partial charge in [-0.15, -0.1) is 11.3 Å². The summed E-state index contributed by atoms with van der Waals surface area (Å²) in [6, 6.07) is 11.3. The number of aromatic nitrogens is 1. The molecular formula is C22H23BrN2O4S. The Kier molecular flexibility index (Phi) is 7.70. The zero-order valence-electron chi connectivity index (χ0n) is 17.0. The highest BCUT2D eigenvalue weighted by Gasteiger charge is 2.17. The Morgan fingerprint density at radius 2 is 2.00 bits per heavy atom. The molecule has 3 rings (SSSR count). The summed E-state index contributed by atoms with van der Waals surface area (Å²) in [5.74, 6) is 0.585. The summed E-state index contributed by atoms with van der Waals surface area (Å²) in [7, 11) is 1.54. The highest BCUT2D eigenvalue weighted by Crippen LogP contribution is 2.37. The molecule has 0 unspecified atom stereocenters. The summed E-state index contributed by atoms with van der Waals surface area (Å²) in [5, 5.41) is 5.85. The van der Waals surface area contributed by atoms with Gasteiger partial charge in [-0.25, -0.2) is 9.78 Å². The molecule has 0 aliphatic rings. The standard InChI is InChI=1S/C22H23BrN2O4S/c1-4-9-28-20-18(23)10-15(11-19(20)27-3)21(26)29-12-17-13-30-22(25-17)24-16-7-5-14(2)6-8-16/h5-8,10-11,13H,4,9,12H2,1-3H3,(H,24,25). The molecule has 30 heavy (non-hydrogen) atoms. The van der Waals surface area contributed by atoms with Gasteiger partial charge in [0.25, 0.3) is 0 Å². The zero-order chi connectivity index (χ0) is 21.5. The van der Waals surface area contributed by atoms with E-state index in [0.717, 1.165) is 17.2 Å². The third-order valence-electron chi connectivity index (χ3n) is 4.12. The molecule has 0 saturated carbocycles. The van der Waals surface area contributed by atoms with Crippen molar-refractivity contribution in [2.45, 2.75) is 26.9 Å². The van der Waals surface area contributed by atoms with Gasteiger partial charge in [0.15, 0.2) is 16.6 Å². The first-order valence-electron chi connectivity index (χ1n) is 9.45. The summed E-state index contributed by atoms with van der Waals surface area (Å²) in [6.07, 6.45) is 0.869. The molecule has 0 radical (unpaired) electrons. The maximum absolute atomic E-state index is 12.5. The predicted octanol–water partition coefficient (Wildman–Crippen LogP) is 6.11. The first-order chi connectivity index (χ1) is 14.5. The Morgan fingerprint density at radius 1 is 1.23 bits per heavy atom. The first-order valence-corrected chi connectivity index (χ1v) is 11.1. The van der Waals surface area contributed by atoms with Gasteiger partial charge in [0.1, 0.15) is 6.61 Å². The van der Waals surface area contributed by atoms with Crippen molar-refractivity contribution >= 4 is 44.1 Å². The number of nitrogens with zero attached hydrogens (tertiary/aromatic N) is 1. The summed E-state index contributed by atoms with van der Waals surface area (Å²) >= 11 is 4.90. The van der Waals surface area contributed by atoms with Crippen LogP contribution in [0.3, 0.4) is 0 Å². The average Bonchev–Trinajstić information content (AvgIpc) is 3.19. The van der Waals surface area contributed by atoms with Gasteiger partial charge in [-0.05, 0) is 53.5 Å². The second-order valence-corrected chi connectivity index (χ2v) is 8.26. The summed E-state index contributed by atoms with van der Waals surface area (Å²) in [5.41, 5.74) is 3.20. The molecule has 1 N–H and O–H groups in total. The van der Waals surface area contributed by atoms with Crippen LogP contribution in [0.25, 0.3) is 0 Å². The smallest absolute Gasteiger partial charge is 0.338 e. The van der Waals surface area contributed by atoms with Crippen LogP contribution in [0.1, 0.15) is 35.0 Å². The Hall–Kier alpha value is -2.58. The maximum Gasteiger partial charge on any atom is 0.338 e. The molecule has 0 aliphatic heterocycles. The second-order valence-electron chi connectivity index (χ2n) is 6.55. The Balaban J connectivity index is 1.62. The van der Waals surface area contributed by atoms with Crippen LogP contribution in [-0.4, -0.2) is 24.7 Å². The fourth-order valence-electron chi connectivity index (χ4n) is 2.60. The van der Waals surface area contributed by atoms with Crippen molar-refractivity contribution < 1.29 is 19.0 Å². The molecule has 2 aromatic carbocycles. The van der Waals surface area contributed by atoms with E-state index in [2.05, 4.69) is 26.2 Å². The lowest BCUT2D eigenvalue weighted by atomic mass is 10.2. The van der Waals surface area contributed by atoms with Gasteiger partial charge in [-0.1, -0.05) is 24.6 Å². The number of halogens is 1. The monoisotopic (exact) mass is 490 g/mol. The molecule has 0 amide bonds. The number of thiazole rings is 1. The molecule has 0 atom stereocenters. The van der Waals surface area contributed by atoms with E-state index in [0.29, 0.717) is 33.8 Å². The molecule has 3 aromatic rings. The van der Waals surface area contributed by atoms with Gasteiger partial charge in [-0.3, -0.25) is 0 Å². The van der Waals surface area contributed by atoms with Crippen molar-refractivity contribution in [2.75, 3.05) is 19.0 Å². The van der Waals surface area contributed by atoms with Gasteiger partial charge in [0.2, 0.25) is 0 Å². The number of aryl methyl sites for hydroxylation is 1. The molecule has 1 aromatic heterocycles. The number of benzene rings is 2. The van der Waals surface area contributed by atoms with Crippen molar-refractivity contribution in [1.29, 1.82) is 0 Å². The topological polar surface area (TPSA) is 69.7 Å². The minimum absolute atomic E-state index is 0.0823. The Labute approximate surface area is 188 Å². The lowest BCUT2D eigenvalue weighted by Crippen LogP contribution is -2.07. The number of carbonyl (C=O) groups is 1. The van der Waals surface area contributed by atoms with Crippen molar-refractivity contribution in [3.05, 3.63) is 63.1 Å². The van der Waals surface area contributed by atoms with Crippen LogP contribution in [0.15, 0.2) is 46.3 Å². The van der Waals surface area contributed by atoms with Crippen LogP contribution >= 0.6 is 27.3 Å². The number of esters is 1. The van der Waals surface area contributed by atoms with Crippen LogP contribution in [-0.2, 0) is 11.3 Å². The molecule has 6 nitrogen and oxygen atoms in total. The third kappa shape index (κ3) is 5.73. The summed E-state index contributed by atoms with van der Waals surface area (Å²) < 4.78 is 17.1. The number of rotatable bonds is 9. The van der Waals surface area contributed by atoms with E-state index in [4.69, 9.17) is 14.2 Å². The number of anilines is 2. The van der Waals surface area contributed by atoms with E-state index >= 15 is 0 Å². The average molecular weight is 491 g/mol. The molecule has 0 spiro atoms. The zero-order valence-corrected chi connectivity index (χ0v) is 19.4. The van der Waals surface area contributed by atoms with Gasteiger partial charge in [-0.2, -0.15) is 0 Å². The van der Waals surface area contributed by atoms with Crippen LogP contribution in [0.2, 0.25) is 0 Å². The minimum atomic E-state index is -0.461. The molecule has 0 bridgehead atoms. The molecule has 0 aliphatic carbocycles. The normalized spacial score (nSPS) is 10.5. The highest BCUT2D eigenvalue weighted by molar-refractivity contribution is 9.10. The van der Waals surface area contributed by atoms with Crippen LogP contribution in [0.5, 0.6) is 11.5 Å². The van der Waals surface area contributed by atoms with E-state index in [-0.39, 0.29) is 6.61 Å². The summed E-state index contributed by atoms with van der Waals surface area (Å²) in [4.78, 5) is 17.0. The summed E-state index contributed by atoms with van der Waals surface area (Å²) in [6.45, 7) is 4.70. The van der Waals surface area contributed by atoms with E-state index in [1.165, 1.54) is 24.0 Å². The van der Waals surface area contributed by atoms with Gasteiger partial charge in [0.05, 0.1) is 29.4 Å². The highest BCUT2D eigenvalue weighted by atomic mass is 79.9. The first kappa shape index (κ1) is 22.1. The van der Waals surface area contributed by atoms with Crippen molar-refractivity contribution in [1.82, 2.24) is 4.98 Å². The lowest BCUT2D eigenvalue weighted by molar-refractivity contribution is 0.0468. The van der Waals surface area contributed by atoms with Crippen LogP contribution in [0, 0.1) is 6.92 Å². The molecule has 158 valence electrons. The fourth-order valence-corrected chi connectivity index (χ4v) is 3.87. The van der Waals surface area contributed by atoms with Crippen LogP contribution < -0.4 is 14.8 Å². The van der Waals surface area contributed by atoms with Crippen molar-refractivity contribution in [3.8, 4) is 11.5 Å². The molecular weight excluding hydrogens is 468 g/mol. The lowest BCUT2D eigenvalue weighted by Gasteiger charge is -2.13. The van der Waals surface area contributed by atoms with Gasteiger partial charge in [0, 0.05) is 11.1 Å². The SMILES string of the molecule is CCCOc1c(Br)cc(C(=O)OCc2csc(Nc3ccc(C)cc3)n2)cc1OC. The van der Waals surface area contributed by atoms with Gasteiger partial charge < -0.3 is 19.5 Å². The molecule has 1 heterocycles. The Morgan fingerprint density at radius 3 is 2.70 bits per heavy atom. The van der Waals surface area contributed by atoms with Crippen LogP contribution in [0.4, 0.5) is 10.8 Å². The number of ether oxygens (including phenoxy) is 3.